The third-order valence-corrected chi connectivity index (χ3v) is 0.931. The Morgan fingerprint density at radius 1 is 1.78 bits per heavy atom. The van der Waals surface area contributed by atoms with Gasteiger partial charge in [0, 0.05) is 6.20 Å². The highest BCUT2D eigenvalue weighted by Crippen LogP contribution is 1.87. The van der Waals surface area contributed by atoms with E-state index in [0.717, 1.165) is 5.56 Å². The van der Waals surface area contributed by atoms with Crippen LogP contribution < -0.4 is 0 Å². The summed E-state index contributed by atoms with van der Waals surface area (Å²) >= 11 is 5.31. The Hall–Kier alpha value is -0.940. The monoisotopic (exact) mass is 140 g/mol. The first kappa shape index (κ1) is 6.18. The van der Waals surface area contributed by atoms with Crippen molar-refractivity contribution in [2.45, 2.75) is 0 Å². The Bertz CT molecular complexity index is 217. The minimum Gasteiger partial charge on any atom is -0.284 e. The van der Waals surface area contributed by atoms with Crippen LogP contribution in [0.5, 0.6) is 0 Å². The number of alkyl halides is 1. The Morgan fingerprint density at radius 3 is 3.22 bits per heavy atom. The van der Waals surface area contributed by atoms with Gasteiger partial charge in [0.15, 0.2) is 0 Å². The third-order valence-electron chi connectivity index (χ3n) is 0.798. The Labute approximate surface area is 58.2 Å². The van der Waals surface area contributed by atoms with Crippen LogP contribution in [0, 0.1) is 11.8 Å². The fraction of sp³-hybridized carbons (Fsp3) is 0.167. The molecule has 0 spiro atoms. The van der Waals surface area contributed by atoms with Gasteiger partial charge in [-0.05, 0) is 0 Å². The summed E-state index contributed by atoms with van der Waals surface area (Å²) in [6.45, 7) is 0. The SMILES string of the molecule is ClCC#Cc1cn[nH]c1. The lowest BCUT2D eigenvalue weighted by Gasteiger charge is -1.70. The van der Waals surface area contributed by atoms with Crippen LogP contribution in [0.4, 0.5) is 0 Å². The Balaban J connectivity index is 2.67. The molecule has 46 valence electrons. The van der Waals surface area contributed by atoms with Gasteiger partial charge in [-0.15, -0.1) is 11.6 Å². The van der Waals surface area contributed by atoms with E-state index >= 15 is 0 Å². The molecule has 1 heterocycles. The number of halogens is 1. The first-order valence-corrected chi connectivity index (χ1v) is 3.00. The van der Waals surface area contributed by atoms with E-state index in [2.05, 4.69) is 22.0 Å². The van der Waals surface area contributed by atoms with E-state index in [1.807, 2.05) is 0 Å². The molecule has 2 nitrogen and oxygen atoms in total. The first-order valence-electron chi connectivity index (χ1n) is 2.47. The van der Waals surface area contributed by atoms with Crippen LogP contribution in [-0.4, -0.2) is 16.1 Å². The van der Waals surface area contributed by atoms with Crippen molar-refractivity contribution in [3.8, 4) is 11.8 Å². The minimum atomic E-state index is 0.366. The summed E-state index contributed by atoms with van der Waals surface area (Å²) in [7, 11) is 0. The summed E-state index contributed by atoms with van der Waals surface area (Å²) < 4.78 is 0. The third kappa shape index (κ3) is 1.79. The highest BCUT2D eigenvalue weighted by atomic mass is 35.5. The summed E-state index contributed by atoms with van der Waals surface area (Å²) in [6, 6.07) is 0. The Kier molecular flexibility index (Phi) is 2.17. The second-order valence-electron chi connectivity index (χ2n) is 1.42. The molecule has 0 amide bonds. The molecular weight excluding hydrogens is 136 g/mol. The molecular formula is C6H5ClN2. The van der Waals surface area contributed by atoms with Crippen LogP contribution in [0.25, 0.3) is 0 Å². The van der Waals surface area contributed by atoms with E-state index in [1.165, 1.54) is 0 Å². The molecule has 0 unspecified atom stereocenters. The van der Waals surface area contributed by atoms with Gasteiger partial charge in [-0.3, -0.25) is 5.10 Å². The predicted octanol–water partition coefficient (Wildman–Crippen LogP) is 1.00. The molecule has 0 atom stereocenters. The Morgan fingerprint density at radius 2 is 2.67 bits per heavy atom. The van der Waals surface area contributed by atoms with Crippen molar-refractivity contribution in [1.82, 2.24) is 10.2 Å². The van der Waals surface area contributed by atoms with E-state index in [9.17, 15) is 0 Å². The van der Waals surface area contributed by atoms with Crippen molar-refractivity contribution in [3.05, 3.63) is 18.0 Å². The molecule has 0 aliphatic rings. The molecule has 0 aromatic carbocycles. The molecule has 0 saturated carbocycles. The van der Waals surface area contributed by atoms with E-state index < -0.39 is 0 Å². The van der Waals surface area contributed by atoms with Crippen molar-refractivity contribution in [1.29, 1.82) is 0 Å². The van der Waals surface area contributed by atoms with Crippen molar-refractivity contribution < 1.29 is 0 Å². The van der Waals surface area contributed by atoms with Crippen LogP contribution in [0.1, 0.15) is 5.56 Å². The largest absolute Gasteiger partial charge is 0.284 e. The number of hydrogen-bond donors (Lipinski definition) is 1. The van der Waals surface area contributed by atoms with Crippen LogP contribution >= 0.6 is 11.6 Å². The lowest BCUT2D eigenvalue weighted by molar-refractivity contribution is 1.09. The lowest BCUT2D eigenvalue weighted by atomic mass is 10.4. The van der Waals surface area contributed by atoms with E-state index in [4.69, 9.17) is 11.6 Å². The smallest absolute Gasteiger partial charge is 0.0839 e. The maximum Gasteiger partial charge on any atom is 0.0839 e. The molecule has 0 saturated heterocycles. The van der Waals surface area contributed by atoms with Crippen LogP contribution in [0.15, 0.2) is 12.4 Å². The maximum absolute atomic E-state index is 5.31. The fourth-order valence-electron chi connectivity index (χ4n) is 0.455. The highest BCUT2D eigenvalue weighted by Gasteiger charge is 1.81. The second kappa shape index (κ2) is 3.16. The van der Waals surface area contributed by atoms with Gasteiger partial charge >= 0.3 is 0 Å². The number of aromatic nitrogens is 2. The summed E-state index contributed by atoms with van der Waals surface area (Å²) in [6.07, 6.45) is 3.37. The van der Waals surface area contributed by atoms with Gasteiger partial charge in [-0.2, -0.15) is 5.10 Å². The van der Waals surface area contributed by atoms with Crippen molar-refractivity contribution in [2.75, 3.05) is 5.88 Å². The maximum atomic E-state index is 5.31. The van der Waals surface area contributed by atoms with Crippen molar-refractivity contribution >= 4 is 11.6 Å². The van der Waals surface area contributed by atoms with Crippen molar-refractivity contribution in [2.24, 2.45) is 0 Å². The van der Waals surface area contributed by atoms with Crippen LogP contribution in [0.3, 0.4) is 0 Å². The second-order valence-corrected chi connectivity index (χ2v) is 1.69. The average Bonchev–Trinajstić information content (AvgIpc) is 2.34. The van der Waals surface area contributed by atoms with Gasteiger partial charge < -0.3 is 0 Å². The molecule has 1 rings (SSSR count). The standard InChI is InChI=1S/C6H5ClN2/c7-3-1-2-6-4-8-9-5-6/h4-5H,3H2,(H,8,9). The molecule has 3 heteroatoms. The molecule has 0 aliphatic heterocycles. The highest BCUT2D eigenvalue weighted by molar-refractivity contribution is 6.19. The van der Waals surface area contributed by atoms with Crippen LogP contribution in [-0.2, 0) is 0 Å². The summed E-state index contributed by atoms with van der Waals surface area (Å²) in [5.41, 5.74) is 0.871. The number of rotatable bonds is 0. The number of hydrogen-bond acceptors (Lipinski definition) is 1. The number of aromatic amines is 1. The fourth-order valence-corrected chi connectivity index (χ4v) is 0.522. The molecule has 0 fully saturated rings. The molecule has 9 heavy (non-hydrogen) atoms. The number of nitrogens with one attached hydrogen (secondary N) is 1. The minimum absolute atomic E-state index is 0.366. The average molecular weight is 141 g/mol. The predicted molar refractivity (Wildman–Crippen MR) is 36.2 cm³/mol. The van der Waals surface area contributed by atoms with Gasteiger partial charge in [0.1, 0.15) is 0 Å². The quantitative estimate of drug-likeness (QED) is 0.423. The molecule has 0 radical (unpaired) electrons. The summed E-state index contributed by atoms with van der Waals surface area (Å²) in [5, 5.41) is 6.35. The van der Waals surface area contributed by atoms with Gasteiger partial charge in [0.25, 0.3) is 0 Å². The zero-order chi connectivity index (χ0) is 6.53. The van der Waals surface area contributed by atoms with Crippen molar-refractivity contribution in [3.63, 3.8) is 0 Å². The topological polar surface area (TPSA) is 28.7 Å². The molecule has 0 aliphatic carbocycles. The number of H-pyrrole nitrogens is 1. The molecule has 1 aromatic rings. The lowest BCUT2D eigenvalue weighted by Crippen LogP contribution is -1.64. The molecule has 1 N–H and O–H groups in total. The first-order chi connectivity index (χ1) is 4.43. The summed E-state index contributed by atoms with van der Waals surface area (Å²) in [4.78, 5) is 0. The van der Waals surface area contributed by atoms with E-state index in [-0.39, 0.29) is 0 Å². The zero-order valence-electron chi connectivity index (χ0n) is 4.69. The van der Waals surface area contributed by atoms with Crippen LogP contribution in [0.2, 0.25) is 0 Å². The zero-order valence-corrected chi connectivity index (χ0v) is 5.44. The van der Waals surface area contributed by atoms with Gasteiger partial charge in [-0.1, -0.05) is 11.8 Å². The molecule has 0 bridgehead atoms. The number of nitrogens with zero attached hydrogens (tertiary/aromatic N) is 1. The van der Waals surface area contributed by atoms with Gasteiger partial charge in [0.05, 0.1) is 17.6 Å². The van der Waals surface area contributed by atoms with E-state index in [1.54, 1.807) is 12.4 Å². The summed E-state index contributed by atoms with van der Waals surface area (Å²) in [5.74, 6) is 5.87. The van der Waals surface area contributed by atoms with E-state index in [0.29, 0.717) is 5.88 Å². The van der Waals surface area contributed by atoms with Gasteiger partial charge in [-0.25, -0.2) is 0 Å². The van der Waals surface area contributed by atoms with Gasteiger partial charge in [0.2, 0.25) is 0 Å². The normalized spacial score (nSPS) is 8.11. The molecule has 1 aromatic heterocycles.